The van der Waals surface area contributed by atoms with E-state index in [4.69, 9.17) is 5.73 Å². The molecular weight excluding hydrogens is 179 g/mol. The van der Waals surface area contributed by atoms with Gasteiger partial charge in [-0.3, -0.25) is 0 Å². The van der Waals surface area contributed by atoms with Gasteiger partial charge in [0.05, 0.1) is 0 Å². The number of aromatic nitrogens is 1. The third-order valence-corrected chi connectivity index (χ3v) is 2.48. The summed E-state index contributed by atoms with van der Waals surface area (Å²) in [6.45, 7) is 2.61. The van der Waals surface area contributed by atoms with Crippen molar-refractivity contribution in [2.24, 2.45) is 5.73 Å². The van der Waals surface area contributed by atoms with Gasteiger partial charge in [-0.2, -0.15) is 0 Å². The first-order valence-electron chi connectivity index (χ1n) is 4.69. The lowest BCUT2D eigenvalue weighted by Crippen LogP contribution is -2.03. The molecule has 0 saturated heterocycles. The lowest BCUT2D eigenvalue weighted by molar-refractivity contribution is 0.629. The molecule has 1 aromatic carbocycles. The van der Waals surface area contributed by atoms with Crippen LogP contribution in [0.15, 0.2) is 18.2 Å². The van der Waals surface area contributed by atoms with E-state index >= 15 is 0 Å². The largest absolute Gasteiger partial charge is 0.358 e. The molecule has 0 spiro atoms. The van der Waals surface area contributed by atoms with E-state index in [1.807, 2.05) is 6.92 Å². The number of nitrogens with two attached hydrogens (primary N) is 1. The lowest BCUT2D eigenvalue weighted by atomic mass is 10.1. The molecule has 0 aliphatic heterocycles. The van der Waals surface area contributed by atoms with Crippen molar-refractivity contribution in [2.45, 2.75) is 13.3 Å². The number of nitrogens with one attached hydrogen (secondary N) is 1. The molecule has 0 amide bonds. The van der Waals surface area contributed by atoms with Crippen molar-refractivity contribution in [3.8, 4) is 0 Å². The summed E-state index contributed by atoms with van der Waals surface area (Å²) in [6, 6.07) is 4.80. The maximum Gasteiger partial charge on any atom is 0.125 e. The second kappa shape index (κ2) is 3.42. The van der Waals surface area contributed by atoms with Crippen LogP contribution >= 0.6 is 0 Å². The van der Waals surface area contributed by atoms with E-state index in [2.05, 4.69) is 4.98 Å². The minimum atomic E-state index is -0.210. The van der Waals surface area contributed by atoms with Gasteiger partial charge in [-0.05, 0) is 43.7 Å². The monoisotopic (exact) mass is 192 g/mol. The van der Waals surface area contributed by atoms with Gasteiger partial charge < -0.3 is 10.7 Å². The molecule has 0 radical (unpaired) electrons. The molecule has 1 heterocycles. The van der Waals surface area contributed by atoms with Crippen molar-refractivity contribution in [3.05, 3.63) is 35.3 Å². The third kappa shape index (κ3) is 1.40. The van der Waals surface area contributed by atoms with Gasteiger partial charge in [0.2, 0.25) is 0 Å². The van der Waals surface area contributed by atoms with Crippen LogP contribution in [0.4, 0.5) is 4.39 Å². The van der Waals surface area contributed by atoms with Gasteiger partial charge in [-0.1, -0.05) is 0 Å². The lowest BCUT2D eigenvalue weighted by Gasteiger charge is -1.97. The summed E-state index contributed by atoms with van der Waals surface area (Å²) in [5, 5.41) is 1.08. The Kier molecular flexibility index (Phi) is 2.25. The molecule has 2 aromatic rings. The minimum Gasteiger partial charge on any atom is -0.358 e. The highest BCUT2D eigenvalue weighted by Gasteiger charge is 2.07. The molecule has 0 unspecified atom stereocenters. The van der Waals surface area contributed by atoms with E-state index in [-0.39, 0.29) is 5.82 Å². The first kappa shape index (κ1) is 9.21. The molecule has 0 aliphatic rings. The highest BCUT2D eigenvalue weighted by Crippen LogP contribution is 2.22. The van der Waals surface area contributed by atoms with Crippen molar-refractivity contribution in [1.29, 1.82) is 0 Å². The van der Waals surface area contributed by atoms with Crippen LogP contribution in [0.25, 0.3) is 10.9 Å². The highest BCUT2D eigenvalue weighted by molar-refractivity contribution is 5.84. The minimum absolute atomic E-state index is 0.210. The number of benzene rings is 1. The predicted molar refractivity (Wildman–Crippen MR) is 55.8 cm³/mol. The fourth-order valence-corrected chi connectivity index (χ4v) is 1.83. The van der Waals surface area contributed by atoms with E-state index in [1.54, 1.807) is 6.07 Å². The number of aryl methyl sites for hydroxylation is 1. The SMILES string of the molecule is Cc1[nH]c2cc(F)ccc2c1CCN. The van der Waals surface area contributed by atoms with Crippen molar-refractivity contribution >= 4 is 10.9 Å². The summed E-state index contributed by atoms with van der Waals surface area (Å²) in [7, 11) is 0. The topological polar surface area (TPSA) is 41.8 Å². The van der Waals surface area contributed by atoms with Crippen LogP contribution < -0.4 is 5.73 Å². The third-order valence-electron chi connectivity index (χ3n) is 2.48. The van der Waals surface area contributed by atoms with Gasteiger partial charge in [0.15, 0.2) is 0 Å². The fraction of sp³-hybridized carbons (Fsp3) is 0.273. The van der Waals surface area contributed by atoms with Crippen molar-refractivity contribution in [2.75, 3.05) is 6.54 Å². The average molecular weight is 192 g/mol. The molecular formula is C11H13FN2. The molecule has 3 N–H and O–H groups in total. The van der Waals surface area contributed by atoms with Gasteiger partial charge in [-0.15, -0.1) is 0 Å². The first-order chi connectivity index (χ1) is 6.72. The molecule has 0 bridgehead atoms. The quantitative estimate of drug-likeness (QED) is 0.751. The van der Waals surface area contributed by atoms with E-state index in [1.165, 1.54) is 17.7 Å². The Balaban J connectivity index is 2.64. The Morgan fingerprint density at radius 1 is 1.43 bits per heavy atom. The predicted octanol–water partition coefficient (Wildman–Crippen LogP) is 2.12. The number of H-pyrrole nitrogens is 1. The Labute approximate surface area is 81.9 Å². The van der Waals surface area contributed by atoms with Crippen molar-refractivity contribution in [3.63, 3.8) is 0 Å². The average Bonchev–Trinajstić information content (AvgIpc) is 2.43. The van der Waals surface area contributed by atoms with Crippen LogP contribution in [-0.2, 0) is 6.42 Å². The number of halogens is 1. The van der Waals surface area contributed by atoms with E-state index in [9.17, 15) is 4.39 Å². The Morgan fingerprint density at radius 2 is 2.21 bits per heavy atom. The second-order valence-electron chi connectivity index (χ2n) is 3.46. The smallest absolute Gasteiger partial charge is 0.125 e. The molecule has 2 rings (SSSR count). The maximum atomic E-state index is 12.9. The van der Waals surface area contributed by atoms with Gasteiger partial charge in [0.1, 0.15) is 5.82 Å². The molecule has 1 aromatic heterocycles. The Bertz CT molecular complexity index is 460. The number of fused-ring (bicyclic) bond motifs is 1. The summed E-state index contributed by atoms with van der Waals surface area (Å²) in [4.78, 5) is 3.16. The summed E-state index contributed by atoms with van der Waals surface area (Å²) < 4.78 is 12.9. The van der Waals surface area contributed by atoms with Crippen molar-refractivity contribution in [1.82, 2.24) is 4.98 Å². The molecule has 0 atom stereocenters. The van der Waals surface area contributed by atoms with Crippen LogP contribution in [0.1, 0.15) is 11.3 Å². The van der Waals surface area contributed by atoms with Gasteiger partial charge in [0.25, 0.3) is 0 Å². The fourth-order valence-electron chi connectivity index (χ4n) is 1.83. The Morgan fingerprint density at radius 3 is 2.93 bits per heavy atom. The molecule has 0 fully saturated rings. The van der Waals surface area contributed by atoms with Crippen molar-refractivity contribution < 1.29 is 4.39 Å². The van der Waals surface area contributed by atoms with Crippen LogP contribution in [0.5, 0.6) is 0 Å². The van der Waals surface area contributed by atoms with Crippen LogP contribution in [0, 0.1) is 12.7 Å². The molecule has 14 heavy (non-hydrogen) atoms. The summed E-state index contributed by atoms with van der Waals surface area (Å²) in [5.74, 6) is -0.210. The zero-order valence-electron chi connectivity index (χ0n) is 8.10. The number of hydrogen-bond donors (Lipinski definition) is 2. The van der Waals surface area contributed by atoms with Gasteiger partial charge >= 0.3 is 0 Å². The van der Waals surface area contributed by atoms with E-state index in [0.29, 0.717) is 6.54 Å². The summed E-state index contributed by atoms with van der Waals surface area (Å²) in [6.07, 6.45) is 0.831. The van der Waals surface area contributed by atoms with Gasteiger partial charge in [-0.25, -0.2) is 4.39 Å². The maximum absolute atomic E-state index is 12.9. The standard InChI is InChI=1S/C11H13FN2/c1-7-9(4-5-13)10-3-2-8(12)6-11(10)14-7/h2-3,6,14H,4-5,13H2,1H3. The Hall–Kier alpha value is -1.35. The number of hydrogen-bond acceptors (Lipinski definition) is 1. The highest BCUT2D eigenvalue weighted by atomic mass is 19.1. The van der Waals surface area contributed by atoms with Crippen LogP contribution in [0.3, 0.4) is 0 Å². The van der Waals surface area contributed by atoms with Crippen LogP contribution in [-0.4, -0.2) is 11.5 Å². The number of rotatable bonds is 2. The molecule has 0 saturated carbocycles. The number of aromatic amines is 1. The van der Waals surface area contributed by atoms with E-state index in [0.717, 1.165) is 23.0 Å². The zero-order valence-corrected chi connectivity index (χ0v) is 8.10. The van der Waals surface area contributed by atoms with Gasteiger partial charge in [0, 0.05) is 16.6 Å². The second-order valence-corrected chi connectivity index (χ2v) is 3.46. The van der Waals surface area contributed by atoms with Crippen LogP contribution in [0.2, 0.25) is 0 Å². The summed E-state index contributed by atoms with van der Waals surface area (Å²) >= 11 is 0. The summed E-state index contributed by atoms with van der Waals surface area (Å²) in [5.41, 5.74) is 8.65. The molecule has 2 nitrogen and oxygen atoms in total. The normalized spacial score (nSPS) is 11.1. The van der Waals surface area contributed by atoms with E-state index < -0.39 is 0 Å². The molecule has 0 aliphatic carbocycles. The molecule has 3 heteroatoms. The first-order valence-corrected chi connectivity index (χ1v) is 4.69. The molecule has 74 valence electrons. The zero-order chi connectivity index (χ0) is 10.1.